The molecule has 0 radical (unpaired) electrons. The van der Waals surface area contributed by atoms with Gasteiger partial charge in [-0.2, -0.15) is 12.1 Å². The van der Waals surface area contributed by atoms with Crippen LogP contribution in [-0.2, 0) is 21.1 Å². The van der Waals surface area contributed by atoms with E-state index in [1.165, 1.54) is 15.9 Å². The molecule has 0 N–H and O–H groups in total. The van der Waals surface area contributed by atoms with E-state index in [9.17, 15) is 0 Å². The second kappa shape index (κ2) is 11.4. The van der Waals surface area contributed by atoms with Crippen molar-refractivity contribution < 1.29 is 35.0 Å². The molecular formula is C38H27BN4O2PtSi-2. The molecule has 2 aromatic heterocycles. The van der Waals surface area contributed by atoms with Gasteiger partial charge in [-0.1, -0.05) is 90.7 Å². The second-order valence-corrected chi connectivity index (χ2v) is 16.4. The molecule has 0 amide bonds. The van der Waals surface area contributed by atoms with Gasteiger partial charge < -0.3 is 18.8 Å². The summed E-state index contributed by atoms with van der Waals surface area (Å²) in [4.78, 5) is 6.72. The third-order valence-corrected chi connectivity index (χ3v) is 12.4. The fraction of sp³-hybridized carbons (Fsp3) is 0.0526. The fourth-order valence-corrected chi connectivity index (χ4v) is 9.61. The first-order valence-corrected chi connectivity index (χ1v) is 18.3. The minimum atomic E-state index is -2.04. The maximum Gasteiger partial charge on any atom is 0.523 e. The van der Waals surface area contributed by atoms with E-state index in [-0.39, 0.29) is 28.1 Å². The third-order valence-electron chi connectivity index (χ3n) is 8.93. The van der Waals surface area contributed by atoms with Gasteiger partial charge in [0.25, 0.3) is 6.33 Å². The van der Waals surface area contributed by atoms with E-state index in [0.29, 0.717) is 11.5 Å². The molecule has 9 heteroatoms. The zero-order valence-corrected chi connectivity index (χ0v) is 28.9. The molecule has 0 saturated heterocycles. The van der Waals surface area contributed by atoms with E-state index in [1.54, 1.807) is 6.20 Å². The Morgan fingerprint density at radius 1 is 0.766 bits per heavy atom. The molecule has 4 heterocycles. The average Bonchev–Trinajstić information content (AvgIpc) is 3.68. The summed E-state index contributed by atoms with van der Waals surface area (Å²) in [7, 11) is -2.41. The summed E-state index contributed by atoms with van der Waals surface area (Å²) in [5.74, 6) is 2.68. The third kappa shape index (κ3) is 4.74. The zero-order valence-electron chi connectivity index (χ0n) is 25.6. The van der Waals surface area contributed by atoms with Crippen molar-refractivity contribution in [1.29, 1.82) is 0 Å². The predicted octanol–water partition coefficient (Wildman–Crippen LogP) is 5.55. The largest absolute Gasteiger partial charge is 0.535 e. The Hall–Kier alpha value is -4.91. The molecule has 230 valence electrons. The van der Waals surface area contributed by atoms with Crippen LogP contribution in [0.3, 0.4) is 0 Å². The summed E-state index contributed by atoms with van der Waals surface area (Å²) < 4.78 is 17.2. The average molecular weight is 806 g/mol. The van der Waals surface area contributed by atoms with Crippen molar-refractivity contribution in [2.24, 2.45) is 0 Å². The van der Waals surface area contributed by atoms with Crippen LogP contribution in [0.5, 0.6) is 17.2 Å². The Labute approximate surface area is 289 Å². The SMILES string of the molecule is C[Si]1(C)c2ccc(Oc3[c-]c(N4B(c5ccccc5)Oc5cccnc54)ccc3)[c-]c2-n2[c-][n+](-c3ccccc3)c3cccc1c32.[Pt]. The minimum Gasteiger partial charge on any atom is -0.535 e. The molecule has 2 aliphatic heterocycles. The van der Waals surface area contributed by atoms with Gasteiger partial charge in [-0.15, -0.1) is 35.5 Å². The molecule has 0 aliphatic carbocycles. The van der Waals surface area contributed by atoms with E-state index < -0.39 is 8.07 Å². The Kier molecular flexibility index (Phi) is 7.16. The normalized spacial score (nSPS) is 13.8. The van der Waals surface area contributed by atoms with E-state index in [4.69, 9.17) is 9.39 Å². The van der Waals surface area contributed by atoms with Crippen LogP contribution in [0.15, 0.2) is 128 Å². The first kappa shape index (κ1) is 29.5. The number of imidazole rings is 1. The van der Waals surface area contributed by atoms with Crippen LogP contribution in [0.4, 0.5) is 11.5 Å². The number of aromatic nitrogens is 3. The van der Waals surface area contributed by atoms with Crippen LogP contribution >= 0.6 is 0 Å². The van der Waals surface area contributed by atoms with Crippen LogP contribution in [0.1, 0.15) is 0 Å². The molecular weight excluding hydrogens is 778 g/mol. The van der Waals surface area contributed by atoms with Gasteiger partial charge in [0.05, 0.1) is 16.7 Å². The first-order valence-electron chi connectivity index (χ1n) is 15.3. The maximum atomic E-state index is 6.50. The van der Waals surface area contributed by atoms with Gasteiger partial charge in [0, 0.05) is 46.8 Å². The van der Waals surface area contributed by atoms with Crippen LogP contribution in [0, 0.1) is 18.5 Å². The molecule has 0 unspecified atom stereocenters. The van der Waals surface area contributed by atoms with Crippen LogP contribution in [0.2, 0.25) is 13.1 Å². The maximum absolute atomic E-state index is 6.50. The van der Waals surface area contributed by atoms with Gasteiger partial charge in [0.2, 0.25) is 0 Å². The number of rotatable bonds is 5. The fourth-order valence-electron chi connectivity index (χ4n) is 6.71. The van der Waals surface area contributed by atoms with Crippen LogP contribution in [-0.4, -0.2) is 24.7 Å². The molecule has 0 spiro atoms. The molecule has 2 aliphatic rings. The van der Waals surface area contributed by atoms with Crippen molar-refractivity contribution in [1.82, 2.24) is 9.55 Å². The standard InChI is InChI=1S/C38H27BN4O2Si.Pt/c1-46(2)35-22-21-31(25-33(35)42-26-41(28-14-7-4-8-15-28)32-18-10-20-36(46)37(32)42)44-30-17-9-16-29(24-30)43-38-34(19-11-23-40-38)45-39(43)27-12-5-3-6-13-27;/h3-23H,1-2H3;/q-2;. The quantitative estimate of drug-likeness (QED) is 0.130. The number of anilines is 2. The van der Waals surface area contributed by atoms with Gasteiger partial charge in [0.1, 0.15) is 5.75 Å². The van der Waals surface area contributed by atoms with Gasteiger partial charge in [-0.25, -0.2) is 4.98 Å². The van der Waals surface area contributed by atoms with Crippen molar-refractivity contribution in [3.8, 4) is 28.6 Å². The summed E-state index contributed by atoms with van der Waals surface area (Å²) in [5, 5.41) is 2.69. The molecule has 7 aromatic rings. The molecule has 5 aromatic carbocycles. The van der Waals surface area contributed by atoms with Crippen LogP contribution in [0.25, 0.3) is 22.4 Å². The molecule has 6 nitrogen and oxygen atoms in total. The van der Waals surface area contributed by atoms with Crippen molar-refractivity contribution in [3.63, 3.8) is 0 Å². The predicted molar refractivity (Wildman–Crippen MR) is 183 cm³/mol. The summed E-state index contributed by atoms with van der Waals surface area (Å²) in [6.45, 7) is 4.81. The van der Waals surface area contributed by atoms with Crippen molar-refractivity contribution in [3.05, 3.63) is 146 Å². The Morgan fingerprint density at radius 3 is 2.36 bits per heavy atom. The molecule has 0 saturated carbocycles. The monoisotopic (exact) mass is 805 g/mol. The molecule has 0 fully saturated rings. The van der Waals surface area contributed by atoms with E-state index >= 15 is 0 Å². The topological polar surface area (TPSA) is 43.4 Å². The molecule has 0 atom stereocenters. The molecule has 9 rings (SSSR count). The van der Waals surface area contributed by atoms with Gasteiger partial charge in [-0.3, -0.25) is 4.57 Å². The number of para-hydroxylation sites is 2. The summed E-state index contributed by atoms with van der Waals surface area (Å²) in [6, 6.07) is 48.2. The van der Waals surface area contributed by atoms with Gasteiger partial charge in [0.15, 0.2) is 5.82 Å². The van der Waals surface area contributed by atoms with Gasteiger partial charge in [-0.05, 0) is 35.4 Å². The van der Waals surface area contributed by atoms with E-state index in [1.807, 2.05) is 60.7 Å². The Bertz CT molecular complexity index is 2280. The second-order valence-electron chi connectivity index (χ2n) is 12.1. The smallest absolute Gasteiger partial charge is 0.523 e. The number of hydrogen-bond donors (Lipinski definition) is 0. The van der Waals surface area contributed by atoms with E-state index in [0.717, 1.165) is 39.6 Å². The molecule has 0 bridgehead atoms. The summed E-state index contributed by atoms with van der Waals surface area (Å²) in [5.41, 5.74) is 6.20. The summed E-state index contributed by atoms with van der Waals surface area (Å²) in [6.07, 6.45) is 5.42. The van der Waals surface area contributed by atoms with Crippen molar-refractivity contribution in [2.75, 3.05) is 4.81 Å². The van der Waals surface area contributed by atoms with Crippen molar-refractivity contribution in [2.45, 2.75) is 13.1 Å². The van der Waals surface area contributed by atoms with E-state index in [2.05, 4.69) is 111 Å². The Morgan fingerprint density at radius 2 is 1.53 bits per heavy atom. The number of nitrogens with zero attached hydrogens (tertiary/aromatic N) is 4. The van der Waals surface area contributed by atoms with Crippen molar-refractivity contribution >= 4 is 53.5 Å². The minimum absolute atomic E-state index is 0. The van der Waals surface area contributed by atoms with Crippen LogP contribution < -0.4 is 34.6 Å². The molecule has 47 heavy (non-hydrogen) atoms. The number of benzene rings is 5. The zero-order chi connectivity index (χ0) is 30.8. The number of fused-ring (bicyclic) bond motifs is 3. The number of pyridine rings is 1. The number of ether oxygens (including phenoxy) is 1. The summed E-state index contributed by atoms with van der Waals surface area (Å²) >= 11 is 0. The van der Waals surface area contributed by atoms with Gasteiger partial charge >= 0.3 is 7.05 Å². The number of hydrogen-bond acceptors (Lipinski definition) is 4. The first-order chi connectivity index (χ1) is 22.6. The Balaban J connectivity index is 0.00000324.